The fourth-order valence-corrected chi connectivity index (χ4v) is 2.90. The molecule has 0 bridgehead atoms. The number of ketones is 1. The summed E-state index contributed by atoms with van der Waals surface area (Å²) < 4.78 is 11.2. The lowest BCUT2D eigenvalue weighted by atomic mass is 9.61. The van der Waals surface area contributed by atoms with Crippen molar-refractivity contribution in [3.05, 3.63) is 0 Å². The molecule has 1 heterocycles. The first-order valence-corrected chi connectivity index (χ1v) is 6.45. The molecule has 0 spiro atoms. The first-order chi connectivity index (χ1) is 7.73. The van der Waals surface area contributed by atoms with Gasteiger partial charge in [0.25, 0.3) is 0 Å². The van der Waals surface area contributed by atoms with Crippen LogP contribution >= 0.6 is 0 Å². The van der Waals surface area contributed by atoms with Gasteiger partial charge in [-0.1, -0.05) is 13.8 Å². The summed E-state index contributed by atoms with van der Waals surface area (Å²) in [6, 6.07) is 0. The Morgan fingerprint density at radius 3 is 2.69 bits per heavy atom. The van der Waals surface area contributed by atoms with E-state index >= 15 is 0 Å². The van der Waals surface area contributed by atoms with E-state index in [0.717, 1.165) is 39.1 Å². The number of carbonyl (C=O) groups excluding carboxylic acids is 1. The van der Waals surface area contributed by atoms with Crippen LogP contribution in [0, 0.1) is 11.3 Å². The number of hydrogen-bond acceptors (Lipinski definition) is 3. The molecular weight excluding hydrogens is 204 g/mol. The number of Topliss-reactive ketones (excluding diaryl/α,β-unsaturated/α-hetero) is 1. The van der Waals surface area contributed by atoms with E-state index in [9.17, 15) is 4.79 Å². The minimum atomic E-state index is -0.167. The molecule has 1 aliphatic carbocycles. The Morgan fingerprint density at radius 1 is 1.44 bits per heavy atom. The summed E-state index contributed by atoms with van der Waals surface area (Å²) >= 11 is 0. The molecule has 92 valence electrons. The molecule has 2 unspecified atom stereocenters. The highest BCUT2D eigenvalue weighted by Crippen LogP contribution is 2.45. The largest absolute Gasteiger partial charge is 0.381 e. The highest BCUT2D eigenvalue weighted by Gasteiger charge is 2.52. The molecule has 2 atom stereocenters. The molecule has 1 aliphatic heterocycles. The molecule has 2 rings (SSSR count). The van der Waals surface area contributed by atoms with Crippen LogP contribution in [0.1, 0.15) is 39.5 Å². The van der Waals surface area contributed by atoms with Crippen LogP contribution in [0.2, 0.25) is 0 Å². The molecule has 2 fully saturated rings. The lowest BCUT2D eigenvalue weighted by Crippen LogP contribution is -2.55. The third-order valence-corrected chi connectivity index (χ3v) is 4.36. The van der Waals surface area contributed by atoms with Gasteiger partial charge in [0.1, 0.15) is 5.78 Å². The van der Waals surface area contributed by atoms with E-state index in [2.05, 4.69) is 13.8 Å². The Labute approximate surface area is 97.5 Å². The summed E-state index contributed by atoms with van der Waals surface area (Å²) in [5.41, 5.74) is -0.167. The van der Waals surface area contributed by atoms with Crippen molar-refractivity contribution in [3.8, 4) is 0 Å². The molecule has 16 heavy (non-hydrogen) atoms. The maximum atomic E-state index is 11.7. The zero-order chi connectivity index (χ0) is 11.6. The van der Waals surface area contributed by atoms with Crippen LogP contribution in [0.25, 0.3) is 0 Å². The van der Waals surface area contributed by atoms with Crippen molar-refractivity contribution in [2.24, 2.45) is 11.3 Å². The maximum Gasteiger partial charge on any atom is 0.144 e. The van der Waals surface area contributed by atoms with E-state index in [1.165, 1.54) is 0 Å². The monoisotopic (exact) mass is 226 g/mol. The molecule has 0 aromatic carbocycles. The molecule has 0 radical (unpaired) electrons. The Hall–Kier alpha value is -0.410. The second kappa shape index (κ2) is 4.84. The van der Waals surface area contributed by atoms with Crippen molar-refractivity contribution in [1.29, 1.82) is 0 Å². The fourth-order valence-electron chi connectivity index (χ4n) is 2.90. The van der Waals surface area contributed by atoms with Gasteiger partial charge in [-0.05, 0) is 19.3 Å². The quantitative estimate of drug-likeness (QED) is 0.721. The summed E-state index contributed by atoms with van der Waals surface area (Å²) in [4.78, 5) is 11.7. The Balaban J connectivity index is 1.83. The lowest BCUT2D eigenvalue weighted by molar-refractivity contribution is -0.166. The number of ether oxygens (including phenoxy) is 2. The van der Waals surface area contributed by atoms with Gasteiger partial charge in [0.2, 0.25) is 0 Å². The van der Waals surface area contributed by atoms with Gasteiger partial charge in [-0.25, -0.2) is 0 Å². The molecule has 1 saturated heterocycles. The third-order valence-electron chi connectivity index (χ3n) is 4.36. The van der Waals surface area contributed by atoms with E-state index in [1.807, 2.05) is 0 Å². The minimum Gasteiger partial charge on any atom is -0.381 e. The van der Waals surface area contributed by atoms with Crippen LogP contribution in [0.5, 0.6) is 0 Å². The number of rotatable bonds is 5. The van der Waals surface area contributed by atoms with Gasteiger partial charge < -0.3 is 9.47 Å². The first kappa shape index (κ1) is 12.1. The highest BCUT2D eigenvalue weighted by atomic mass is 16.5. The molecule has 3 nitrogen and oxygen atoms in total. The van der Waals surface area contributed by atoms with Crippen LogP contribution in [0.3, 0.4) is 0 Å². The zero-order valence-electron chi connectivity index (χ0n) is 10.3. The molecule has 3 heteroatoms. The van der Waals surface area contributed by atoms with Gasteiger partial charge in [0, 0.05) is 18.9 Å². The second-order valence-electron chi connectivity index (χ2n) is 5.04. The summed E-state index contributed by atoms with van der Waals surface area (Å²) in [6.45, 7) is 6.64. The number of hydrogen-bond donors (Lipinski definition) is 0. The standard InChI is InChI=1S/C13H22O3/c1-3-13(4-2)11(14)7-12(13)16-9-10-5-6-15-8-10/h10,12H,3-9H2,1-2H3. The predicted octanol–water partition coefficient (Wildman–Crippen LogP) is 2.19. The van der Waals surface area contributed by atoms with Crippen LogP contribution in [-0.4, -0.2) is 31.7 Å². The molecular formula is C13H22O3. The fraction of sp³-hybridized carbons (Fsp3) is 0.923. The van der Waals surface area contributed by atoms with Crippen LogP contribution in [0.15, 0.2) is 0 Å². The van der Waals surface area contributed by atoms with E-state index < -0.39 is 0 Å². The first-order valence-electron chi connectivity index (χ1n) is 6.45. The normalized spacial score (nSPS) is 32.8. The highest BCUT2D eigenvalue weighted by molar-refractivity contribution is 5.92. The molecule has 0 aromatic rings. The van der Waals surface area contributed by atoms with Crippen LogP contribution in [0.4, 0.5) is 0 Å². The Bertz CT molecular complexity index is 252. The van der Waals surface area contributed by atoms with Crippen molar-refractivity contribution in [3.63, 3.8) is 0 Å². The smallest absolute Gasteiger partial charge is 0.144 e. The van der Waals surface area contributed by atoms with E-state index in [-0.39, 0.29) is 11.5 Å². The average Bonchev–Trinajstić information content (AvgIpc) is 2.78. The van der Waals surface area contributed by atoms with Gasteiger partial charge in [-0.3, -0.25) is 4.79 Å². The summed E-state index contributed by atoms with van der Waals surface area (Å²) in [6.07, 6.45) is 3.71. The van der Waals surface area contributed by atoms with Crippen molar-refractivity contribution in [2.75, 3.05) is 19.8 Å². The zero-order valence-corrected chi connectivity index (χ0v) is 10.3. The van der Waals surface area contributed by atoms with E-state index in [0.29, 0.717) is 18.1 Å². The number of carbonyl (C=O) groups is 1. The predicted molar refractivity (Wildman–Crippen MR) is 61.3 cm³/mol. The van der Waals surface area contributed by atoms with Crippen molar-refractivity contribution >= 4 is 5.78 Å². The van der Waals surface area contributed by atoms with Crippen molar-refractivity contribution in [1.82, 2.24) is 0 Å². The third kappa shape index (κ3) is 1.91. The topological polar surface area (TPSA) is 35.5 Å². The van der Waals surface area contributed by atoms with Gasteiger partial charge in [0.05, 0.1) is 24.7 Å². The van der Waals surface area contributed by atoms with Crippen LogP contribution < -0.4 is 0 Å². The Kier molecular flexibility index (Phi) is 3.65. The Morgan fingerprint density at radius 2 is 2.19 bits per heavy atom. The molecule has 0 amide bonds. The van der Waals surface area contributed by atoms with Crippen molar-refractivity contribution < 1.29 is 14.3 Å². The van der Waals surface area contributed by atoms with Crippen LogP contribution in [-0.2, 0) is 14.3 Å². The molecule has 0 aromatic heterocycles. The summed E-state index contributed by atoms with van der Waals surface area (Å²) in [7, 11) is 0. The SMILES string of the molecule is CCC1(CC)C(=O)CC1OCC1CCOC1. The lowest BCUT2D eigenvalue weighted by Gasteiger charge is -2.46. The van der Waals surface area contributed by atoms with E-state index in [4.69, 9.17) is 9.47 Å². The molecule has 2 aliphatic rings. The second-order valence-corrected chi connectivity index (χ2v) is 5.04. The van der Waals surface area contributed by atoms with Gasteiger partial charge in [-0.15, -0.1) is 0 Å². The minimum absolute atomic E-state index is 0.163. The van der Waals surface area contributed by atoms with Crippen molar-refractivity contribution in [2.45, 2.75) is 45.6 Å². The molecule has 0 N–H and O–H groups in total. The summed E-state index contributed by atoms with van der Waals surface area (Å²) in [5.74, 6) is 0.937. The van der Waals surface area contributed by atoms with Gasteiger partial charge in [-0.2, -0.15) is 0 Å². The summed E-state index contributed by atoms with van der Waals surface area (Å²) in [5, 5.41) is 0. The maximum absolute atomic E-state index is 11.7. The van der Waals surface area contributed by atoms with Gasteiger partial charge >= 0.3 is 0 Å². The van der Waals surface area contributed by atoms with Gasteiger partial charge in [0.15, 0.2) is 0 Å². The van der Waals surface area contributed by atoms with E-state index in [1.54, 1.807) is 0 Å². The molecule has 1 saturated carbocycles. The average molecular weight is 226 g/mol.